The van der Waals surface area contributed by atoms with Crippen LogP contribution >= 0.6 is 11.8 Å². The minimum Gasteiger partial charge on any atom is -0.395 e. The zero-order valence-corrected chi connectivity index (χ0v) is 16.2. The second-order valence-corrected chi connectivity index (χ2v) is 8.24. The summed E-state index contributed by atoms with van der Waals surface area (Å²) < 4.78 is 13.8. The molecule has 1 fully saturated rings. The number of β-amino-alcohol motifs (C(OH)–C–C–N with tert-alkyl or cyclic N) is 1. The van der Waals surface area contributed by atoms with Crippen molar-refractivity contribution in [3.63, 3.8) is 0 Å². The Morgan fingerprint density at radius 1 is 1.14 bits per heavy atom. The van der Waals surface area contributed by atoms with Gasteiger partial charge in [0.15, 0.2) is 0 Å². The zero-order chi connectivity index (χ0) is 19.7. The van der Waals surface area contributed by atoms with E-state index in [1.807, 2.05) is 6.07 Å². The van der Waals surface area contributed by atoms with Crippen LogP contribution in [0.1, 0.15) is 17.2 Å². The van der Waals surface area contributed by atoms with E-state index in [-0.39, 0.29) is 29.1 Å². The summed E-state index contributed by atoms with van der Waals surface area (Å²) in [5.74, 6) is -0.272. The second kappa shape index (κ2) is 8.16. The molecule has 2 aliphatic heterocycles. The van der Waals surface area contributed by atoms with Gasteiger partial charge < -0.3 is 5.11 Å². The van der Waals surface area contributed by atoms with E-state index in [1.54, 1.807) is 18.2 Å². The van der Waals surface area contributed by atoms with E-state index < -0.39 is 0 Å². The third-order valence-corrected chi connectivity index (χ3v) is 6.68. The third kappa shape index (κ3) is 3.91. The molecule has 0 radical (unpaired) electrons. The van der Waals surface area contributed by atoms with Crippen LogP contribution in [-0.4, -0.2) is 59.2 Å². The molecule has 1 atom stereocenters. The lowest BCUT2D eigenvalue weighted by molar-refractivity contribution is -0.385. The van der Waals surface area contributed by atoms with E-state index in [0.717, 1.165) is 47.1 Å². The molecule has 0 spiro atoms. The number of aliphatic hydroxyl groups is 1. The van der Waals surface area contributed by atoms with Crippen molar-refractivity contribution >= 4 is 17.4 Å². The average molecular weight is 403 g/mol. The van der Waals surface area contributed by atoms with Gasteiger partial charge in [0.05, 0.1) is 11.5 Å². The van der Waals surface area contributed by atoms with Gasteiger partial charge in [-0.1, -0.05) is 17.8 Å². The molecule has 8 heteroatoms. The van der Waals surface area contributed by atoms with Crippen LogP contribution in [0.4, 0.5) is 10.1 Å². The van der Waals surface area contributed by atoms with Crippen molar-refractivity contribution in [1.82, 2.24) is 9.80 Å². The van der Waals surface area contributed by atoms with Crippen LogP contribution in [0, 0.1) is 15.9 Å². The van der Waals surface area contributed by atoms with E-state index in [0.29, 0.717) is 13.0 Å². The molecular weight excluding hydrogens is 381 g/mol. The predicted octanol–water partition coefficient (Wildman–Crippen LogP) is 3.09. The molecule has 2 aliphatic rings. The summed E-state index contributed by atoms with van der Waals surface area (Å²) in [6.45, 7) is 4.17. The van der Waals surface area contributed by atoms with Gasteiger partial charge in [-0.25, -0.2) is 4.39 Å². The fraction of sp³-hybridized carbons (Fsp3) is 0.400. The van der Waals surface area contributed by atoms with Crippen molar-refractivity contribution in [2.75, 3.05) is 39.3 Å². The molecular formula is C20H22FN3O3S. The van der Waals surface area contributed by atoms with Crippen LogP contribution < -0.4 is 0 Å². The lowest BCUT2D eigenvalue weighted by atomic mass is 9.96. The summed E-state index contributed by atoms with van der Waals surface area (Å²) in [5, 5.41) is 20.5. The Labute approximate surface area is 167 Å². The molecule has 1 N–H and O–H groups in total. The predicted molar refractivity (Wildman–Crippen MR) is 105 cm³/mol. The first-order valence-electron chi connectivity index (χ1n) is 9.37. The first-order valence-corrected chi connectivity index (χ1v) is 10.2. The summed E-state index contributed by atoms with van der Waals surface area (Å²) in [6.07, 6.45) is 0.691. The van der Waals surface area contributed by atoms with E-state index in [1.165, 1.54) is 23.9 Å². The molecule has 0 bridgehead atoms. The van der Waals surface area contributed by atoms with Crippen molar-refractivity contribution in [2.24, 2.45) is 0 Å². The number of piperazine rings is 1. The topological polar surface area (TPSA) is 69.9 Å². The van der Waals surface area contributed by atoms with Crippen molar-refractivity contribution < 1.29 is 14.4 Å². The SMILES string of the molecule is O=[N+]([O-])c1ccc2c(c1)[C@@H](N1CCN(CCO)CC1)Cc1ccc(F)cc1S2. The third-order valence-electron chi connectivity index (χ3n) is 5.49. The average Bonchev–Trinajstić information content (AvgIpc) is 2.84. The van der Waals surface area contributed by atoms with E-state index in [4.69, 9.17) is 5.11 Å². The maximum Gasteiger partial charge on any atom is 0.269 e. The molecule has 4 rings (SSSR count). The van der Waals surface area contributed by atoms with Crippen LogP contribution in [0.3, 0.4) is 0 Å². The maximum atomic E-state index is 13.8. The number of non-ortho nitro benzene ring substituents is 1. The Morgan fingerprint density at radius 2 is 1.93 bits per heavy atom. The first kappa shape index (κ1) is 19.3. The van der Waals surface area contributed by atoms with Crippen LogP contribution in [0.25, 0.3) is 0 Å². The molecule has 6 nitrogen and oxygen atoms in total. The summed E-state index contributed by atoms with van der Waals surface area (Å²) in [5.41, 5.74) is 2.08. The summed E-state index contributed by atoms with van der Waals surface area (Å²) in [7, 11) is 0. The zero-order valence-electron chi connectivity index (χ0n) is 15.4. The minimum atomic E-state index is -0.362. The van der Waals surface area contributed by atoms with Crippen LogP contribution in [-0.2, 0) is 6.42 Å². The number of rotatable bonds is 4. The molecule has 0 unspecified atom stereocenters. The van der Waals surface area contributed by atoms with Crippen molar-refractivity contribution in [3.8, 4) is 0 Å². The van der Waals surface area contributed by atoms with E-state index >= 15 is 0 Å². The highest BCUT2D eigenvalue weighted by atomic mass is 32.2. The molecule has 148 valence electrons. The second-order valence-electron chi connectivity index (χ2n) is 7.15. The molecule has 0 aliphatic carbocycles. The molecule has 2 aromatic carbocycles. The van der Waals surface area contributed by atoms with Crippen molar-refractivity contribution in [3.05, 3.63) is 63.5 Å². The molecule has 28 heavy (non-hydrogen) atoms. The standard InChI is InChI=1S/C20H22FN3O3S/c21-15-2-1-14-11-18(23-7-5-22(6-8-23)9-10-25)17-13-16(24(26)27)3-4-19(17)28-20(14)12-15/h1-4,12-13,18,25H,5-11H2/t18-/m0/s1. The highest BCUT2D eigenvalue weighted by molar-refractivity contribution is 7.99. The number of halogens is 1. The molecule has 0 amide bonds. The Morgan fingerprint density at radius 3 is 2.64 bits per heavy atom. The number of hydrogen-bond acceptors (Lipinski definition) is 6. The van der Waals surface area contributed by atoms with Crippen molar-refractivity contribution in [2.45, 2.75) is 22.3 Å². The molecule has 0 saturated carbocycles. The number of aliphatic hydroxyl groups excluding tert-OH is 1. The van der Waals surface area contributed by atoms with Gasteiger partial charge in [-0.2, -0.15) is 0 Å². The van der Waals surface area contributed by atoms with E-state index in [9.17, 15) is 14.5 Å². The number of nitro groups is 1. The van der Waals surface area contributed by atoms with Crippen molar-refractivity contribution in [1.29, 1.82) is 0 Å². The smallest absolute Gasteiger partial charge is 0.269 e. The summed E-state index contributed by atoms with van der Waals surface area (Å²) in [4.78, 5) is 17.4. The fourth-order valence-electron chi connectivity index (χ4n) is 4.00. The largest absolute Gasteiger partial charge is 0.395 e. The number of hydrogen-bond donors (Lipinski definition) is 1. The Kier molecular flexibility index (Phi) is 5.63. The van der Waals surface area contributed by atoms with Crippen LogP contribution in [0.5, 0.6) is 0 Å². The summed E-state index contributed by atoms with van der Waals surface area (Å²) in [6, 6.07) is 9.84. The highest BCUT2D eigenvalue weighted by Gasteiger charge is 2.31. The molecule has 1 saturated heterocycles. The van der Waals surface area contributed by atoms with Gasteiger partial charge in [0.25, 0.3) is 5.69 Å². The highest BCUT2D eigenvalue weighted by Crippen LogP contribution is 2.44. The van der Waals surface area contributed by atoms with Gasteiger partial charge in [-0.3, -0.25) is 19.9 Å². The first-order chi connectivity index (χ1) is 13.5. The Balaban J connectivity index is 1.71. The number of nitrogens with zero attached hydrogens (tertiary/aromatic N) is 3. The number of nitro benzene ring substituents is 1. The maximum absolute atomic E-state index is 13.8. The van der Waals surface area contributed by atoms with Crippen LogP contribution in [0.2, 0.25) is 0 Å². The lowest BCUT2D eigenvalue weighted by Crippen LogP contribution is -2.48. The number of fused-ring (bicyclic) bond motifs is 2. The van der Waals surface area contributed by atoms with E-state index in [2.05, 4.69) is 9.80 Å². The van der Waals surface area contributed by atoms with Crippen LogP contribution in [0.15, 0.2) is 46.2 Å². The molecule has 2 heterocycles. The monoisotopic (exact) mass is 403 g/mol. The van der Waals surface area contributed by atoms with Gasteiger partial charge in [-0.15, -0.1) is 0 Å². The normalized spacial score (nSPS) is 20.3. The number of benzene rings is 2. The van der Waals surface area contributed by atoms with Gasteiger partial charge >= 0.3 is 0 Å². The lowest BCUT2D eigenvalue weighted by Gasteiger charge is -2.39. The van der Waals surface area contributed by atoms with Gasteiger partial charge in [0, 0.05) is 60.7 Å². The van der Waals surface area contributed by atoms with Gasteiger partial charge in [0.2, 0.25) is 0 Å². The fourth-order valence-corrected chi connectivity index (χ4v) is 5.14. The van der Waals surface area contributed by atoms with Gasteiger partial charge in [0.1, 0.15) is 5.82 Å². The Bertz CT molecular complexity index is 887. The Hall–Kier alpha value is -2.00. The minimum absolute atomic E-state index is 0.00499. The molecule has 0 aromatic heterocycles. The molecule has 2 aromatic rings. The van der Waals surface area contributed by atoms with Gasteiger partial charge in [-0.05, 0) is 35.7 Å². The quantitative estimate of drug-likeness (QED) is 0.625. The summed E-state index contributed by atoms with van der Waals surface area (Å²) >= 11 is 1.48.